The van der Waals surface area contributed by atoms with E-state index in [9.17, 15) is 4.79 Å². The first kappa shape index (κ1) is 15.5. The van der Waals surface area contributed by atoms with Crippen molar-refractivity contribution in [2.45, 2.75) is 26.8 Å². The van der Waals surface area contributed by atoms with E-state index < -0.39 is 6.04 Å². The number of nitrogens with zero attached hydrogens (tertiary/aromatic N) is 3. The van der Waals surface area contributed by atoms with Crippen molar-refractivity contribution in [2.75, 3.05) is 5.32 Å². The maximum absolute atomic E-state index is 11.8. The van der Waals surface area contributed by atoms with Gasteiger partial charge in [-0.1, -0.05) is 6.08 Å². The van der Waals surface area contributed by atoms with Crippen LogP contribution in [0.1, 0.15) is 20.8 Å². The van der Waals surface area contributed by atoms with Crippen LogP contribution in [0.3, 0.4) is 0 Å². The van der Waals surface area contributed by atoms with Crippen molar-refractivity contribution >= 4 is 24.0 Å². The van der Waals surface area contributed by atoms with E-state index in [1.807, 2.05) is 0 Å². The minimum atomic E-state index is -0.400. The second kappa shape index (κ2) is 7.78. The van der Waals surface area contributed by atoms with Gasteiger partial charge in [0.15, 0.2) is 0 Å². The lowest BCUT2D eigenvalue weighted by molar-refractivity contribution is -0.117. The summed E-state index contributed by atoms with van der Waals surface area (Å²) in [5, 5.41) is 12.7. The maximum Gasteiger partial charge on any atom is 0.247 e. The molecule has 1 amide bonds. The molecule has 106 valence electrons. The molecule has 0 saturated carbocycles. The Morgan fingerprint density at radius 3 is 2.65 bits per heavy atom. The molecule has 1 aromatic rings. The van der Waals surface area contributed by atoms with Gasteiger partial charge in [0.2, 0.25) is 11.9 Å². The summed E-state index contributed by atoms with van der Waals surface area (Å²) in [4.78, 5) is 23.7. The number of aromatic nitrogens is 2. The summed E-state index contributed by atoms with van der Waals surface area (Å²) in [6, 6.07) is 1.29. The lowest BCUT2D eigenvalue weighted by Gasteiger charge is -2.17. The summed E-state index contributed by atoms with van der Waals surface area (Å²) >= 11 is 0. The lowest BCUT2D eigenvalue weighted by Crippen LogP contribution is -2.42. The maximum atomic E-state index is 11.8. The highest BCUT2D eigenvalue weighted by Crippen LogP contribution is 1.99. The molecule has 20 heavy (non-hydrogen) atoms. The largest absolute Gasteiger partial charge is 0.343 e. The molecule has 7 heteroatoms. The van der Waals surface area contributed by atoms with E-state index in [1.165, 1.54) is 0 Å². The molecule has 1 heterocycles. The Bertz CT molecular complexity index is 523. The van der Waals surface area contributed by atoms with Crippen LogP contribution in [0.4, 0.5) is 5.95 Å². The van der Waals surface area contributed by atoms with Gasteiger partial charge in [0.1, 0.15) is 12.2 Å². The fraction of sp³-hybridized carbons (Fsp3) is 0.308. The van der Waals surface area contributed by atoms with Crippen molar-refractivity contribution in [1.29, 1.82) is 5.41 Å². The lowest BCUT2D eigenvalue weighted by atomic mass is 10.2. The van der Waals surface area contributed by atoms with Crippen LogP contribution in [0.15, 0.2) is 35.1 Å². The number of nitrogens with one attached hydrogen (secondary N) is 3. The van der Waals surface area contributed by atoms with Gasteiger partial charge in [0, 0.05) is 18.0 Å². The van der Waals surface area contributed by atoms with Gasteiger partial charge < -0.3 is 10.6 Å². The molecule has 1 aromatic heterocycles. The molecule has 0 aromatic carbocycles. The highest BCUT2D eigenvalue weighted by atomic mass is 16.1. The van der Waals surface area contributed by atoms with Crippen molar-refractivity contribution in [3.63, 3.8) is 0 Å². The van der Waals surface area contributed by atoms with E-state index >= 15 is 0 Å². The molecule has 0 aliphatic carbocycles. The molecule has 1 atom stereocenters. The molecule has 7 nitrogen and oxygen atoms in total. The molecule has 0 aliphatic heterocycles. The number of carbonyl (C=O) groups excluding carboxylic acids is 1. The molecule has 1 unspecified atom stereocenters. The third-order valence-electron chi connectivity index (χ3n) is 2.56. The standard InChI is InChI=1S/C13H18N6O/c1-4-9(2)12(20)18-10(3)11(17-8-14)19-13-15-6-5-7-16-13/h4-8,10H,1-3H3,(H,18,20)(H2,14,15,16,17,19)/b9-4+. The summed E-state index contributed by atoms with van der Waals surface area (Å²) in [7, 11) is 0. The van der Waals surface area contributed by atoms with Gasteiger partial charge in [-0.2, -0.15) is 0 Å². The number of hydrogen-bond acceptors (Lipinski definition) is 4. The first-order valence-corrected chi connectivity index (χ1v) is 6.13. The molecule has 0 fully saturated rings. The Kier molecular flexibility index (Phi) is 6.02. The minimum Gasteiger partial charge on any atom is -0.343 e. The number of allylic oxidation sites excluding steroid dienone is 1. The third kappa shape index (κ3) is 4.60. The third-order valence-corrected chi connectivity index (χ3v) is 2.56. The Morgan fingerprint density at radius 2 is 2.10 bits per heavy atom. The smallest absolute Gasteiger partial charge is 0.247 e. The van der Waals surface area contributed by atoms with Gasteiger partial charge in [-0.15, -0.1) is 0 Å². The molecule has 0 spiro atoms. The van der Waals surface area contributed by atoms with Gasteiger partial charge in [0.05, 0.1) is 6.04 Å². The average Bonchev–Trinajstić information content (AvgIpc) is 2.46. The van der Waals surface area contributed by atoms with E-state index in [1.54, 1.807) is 45.3 Å². The van der Waals surface area contributed by atoms with Gasteiger partial charge in [-0.05, 0) is 26.8 Å². The highest BCUT2D eigenvalue weighted by molar-refractivity contribution is 6.04. The van der Waals surface area contributed by atoms with Crippen LogP contribution in [-0.4, -0.2) is 34.1 Å². The van der Waals surface area contributed by atoms with Crippen molar-refractivity contribution in [1.82, 2.24) is 15.3 Å². The fourth-order valence-corrected chi connectivity index (χ4v) is 1.31. The zero-order valence-corrected chi connectivity index (χ0v) is 11.7. The average molecular weight is 274 g/mol. The monoisotopic (exact) mass is 274 g/mol. The van der Waals surface area contributed by atoms with Crippen molar-refractivity contribution in [3.05, 3.63) is 30.1 Å². The predicted molar refractivity (Wildman–Crippen MR) is 78.9 cm³/mol. The molecule has 0 bridgehead atoms. The van der Waals surface area contributed by atoms with Crippen LogP contribution in [0.2, 0.25) is 0 Å². The molecular formula is C13H18N6O. The number of anilines is 1. The molecule has 1 rings (SSSR count). The second-order valence-electron chi connectivity index (χ2n) is 4.01. The number of amides is 1. The van der Waals surface area contributed by atoms with Gasteiger partial charge in [-0.25, -0.2) is 15.0 Å². The number of amidine groups is 1. The van der Waals surface area contributed by atoms with Crippen LogP contribution in [0.25, 0.3) is 0 Å². The van der Waals surface area contributed by atoms with Crippen molar-refractivity contribution in [2.24, 2.45) is 4.99 Å². The Balaban J connectivity index is 2.79. The quantitative estimate of drug-likeness (QED) is 0.428. The Labute approximate surface area is 117 Å². The van der Waals surface area contributed by atoms with Crippen LogP contribution in [-0.2, 0) is 4.79 Å². The minimum absolute atomic E-state index is 0.187. The summed E-state index contributed by atoms with van der Waals surface area (Å²) < 4.78 is 0. The van der Waals surface area contributed by atoms with Crippen molar-refractivity contribution < 1.29 is 4.79 Å². The molecule has 0 radical (unpaired) electrons. The summed E-state index contributed by atoms with van der Waals surface area (Å²) in [6.07, 6.45) is 5.80. The Morgan fingerprint density at radius 1 is 1.45 bits per heavy atom. The molecule has 0 saturated heterocycles. The van der Waals surface area contributed by atoms with Crippen LogP contribution in [0.5, 0.6) is 0 Å². The summed E-state index contributed by atoms with van der Waals surface area (Å²) in [5.41, 5.74) is 0.613. The van der Waals surface area contributed by atoms with Crippen molar-refractivity contribution in [3.8, 4) is 0 Å². The zero-order chi connectivity index (χ0) is 15.0. The van der Waals surface area contributed by atoms with E-state index in [0.29, 0.717) is 17.4 Å². The summed E-state index contributed by atoms with van der Waals surface area (Å²) in [6.45, 7) is 5.28. The van der Waals surface area contributed by atoms with E-state index in [2.05, 4.69) is 25.6 Å². The molecule has 0 aliphatic rings. The molecular weight excluding hydrogens is 256 g/mol. The second-order valence-corrected chi connectivity index (χ2v) is 4.01. The molecule has 3 N–H and O–H groups in total. The fourth-order valence-electron chi connectivity index (χ4n) is 1.31. The highest BCUT2D eigenvalue weighted by Gasteiger charge is 2.15. The summed E-state index contributed by atoms with van der Waals surface area (Å²) in [5.74, 6) is 0.564. The predicted octanol–water partition coefficient (Wildman–Crippen LogP) is 1.36. The van der Waals surface area contributed by atoms with Crippen LogP contribution in [0, 0.1) is 5.41 Å². The van der Waals surface area contributed by atoms with E-state index in [-0.39, 0.29) is 5.91 Å². The van der Waals surface area contributed by atoms with Gasteiger partial charge >= 0.3 is 0 Å². The first-order valence-electron chi connectivity index (χ1n) is 6.13. The van der Waals surface area contributed by atoms with Crippen LogP contribution < -0.4 is 10.6 Å². The van der Waals surface area contributed by atoms with E-state index in [4.69, 9.17) is 5.41 Å². The number of rotatable bonds is 5. The van der Waals surface area contributed by atoms with Gasteiger partial charge in [-0.3, -0.25) is 10.2 Å². The normalized spacial score (nSPS) is 13.6. The zero-order valence-electron chi connectivity index (χ0n) is 11.7. The SMILES string of the molecule is C/C=C(\C)C(=O)NC(C)/C(=N/C=N)Nc1ncccn1. The number of aliphatic imine (C=N–C) groups is 1. The van der Waals surface area contributed by atoms with Crippen LogP contribution >= 0.6 is 0 Å². The number of carbonyl (C=O) groups is 1. The van der Waals surface area contributed by atoms with Gasteiger partial charge in [0.25, 0.3) is 0 Å². The number of hydrogen-bond donors (Lipinski definition) is 3. The van der Waals surface area contributed by atoms with E-state index in [0.717, 1.165) is 6.34 Å². The topological polar surface area (TPSA) is 103 Å². The first-order chi connectivity index (χ1) is 9.58. The Hall–Kier alpha value is -2.57.